The van der Waals surface area contributed by atoms with Crippen molar-refractivity contribution in [2.45, 2.75) is 18.6 Å². The molecule has 174 valence electrons. The van der Waals surface area contributed by atoms with Crippen molar-refractivity contribution in [3.63, 3.8) is 0 Å². The fourth-order valence-corrected chi connectivity index (χ4v) is 6.02. The Kier molecular flexibility index (Phi) is 4.90. The topological polar surface area (TPSA) is 80.8 Å². The summed E-state index contributed by atoms with van der Waals surface area (Å²) in [5.74, 6) is -4.68. The molecule has 0 saturated carbocycles. The number of Topliss-reactive ketones (excluding diaryl/α,β-unsaturated/α-hetero) is 2. The van der Waals surface area contributed by atoms with Gasteiger partial charge in [-0.1, -0.05) is 63.9 Å². The maximum atomic E-state index is 13.9. The largest absolute Gasteiger partial charge is 0.349 e. The molecule has 2 amide bonds. The van der Waals surface area contributed by atoms with Crippen molar-refractivity contribution in [1.82, 2.24) is 0 Å². The molecular weight excluding hydrogens is 534 g/mol. The predicted molar refractivity (Wildman–Crippen MR) is 131 cm³/mol. The lowest BCUT2D eigenvalue weighted by Crippen LogP contribution is -2.51. The summed E-state index contributed by atoms with van der Waals surface area (Å²) in [5.41, 5.74) is -0.119. The van der Waals surface area contributed by atoms with E-state index >= 15 is 0 Å². The molecule has 0 bridgehead atoms. The number of hydrogen-bond acceptors (Lipinski definition) is 5. The minimum absolute atomic E-state index is 0.196. The van der Waals surface area contributed by atoms with Crippen LogP contribution in [0.4, 0.5) is 5.69 Å². The van der Waals surface area contributed by atoms with E-state index in [1.807, 2.05) is 0 Å². The number of ketones is 2. The Labute approximate surface area is 214 Å². The van der Waals surface area contributed by atoms with Crippen LogP contribution in [-0.2, 0) is 14.3 Å². The van der Waals surface area contributed by atoms with Crippen LogP contribution in [0.3, 0.4) is 0 Å². The summed E-state index contributed by atoms with van der Waals surface area (Å²) in [4.78, 5) is 56.4. The summed E-state index contributed by atoms with van der Waals surface area (Å²) < 4.78 is 7.10. The van der Waals surface area contributed by atoms with Crippen LogP contribution in [0.5, 0.6) is 0 Å². The van der Waals surface area contributed by atoms with Crippen molar-refractivity contribution in [3.05, 3.63) is 98.5 Å². The number of carbonyl (C=O) groups is 4. The Morgan fingerprint density at radius 1 is 0.857 bits per heavy atom. The SMILES string of the molecule is Cc1c(Cl)cccc1[C@H]1OC2(C(=O)c3ccccc3C2=O)[C@@H]2C(=O)N(c3ccc(Br)cc3)C(=O)[C@@H]12. The molecule has 6 rings (SSSR count). The summed E-state index contributed by atoms with van der Waals surface area (Å²) >= 11 is 9.72. The maximum absolute atomic E-state index is 13.9. The van der Waals surface area contributed by atoms with Crippen molar-refractivity contribution in [1.29, 1.82) is 0 Å². The zero-order valence-corrected chi connectivity index (χ0v) is 20.7. The quantitative estimate of drug-likeness (QED) is 0.327. The van der Waals surface area contributed by atoms with E-state index in [2.05, 4.69) is 15.9 Å². The second-order valence-corrected chi connectivity index (χ2v) is 10.2. The predicted octanol–water partition coefficient (Wildman–Crippen LogP) is 5.11. The first-order chi connectivity index (χ1) is 16.8. The second-order valence-electron chi connectivity index (χ2n) is 8.92. The number of benzene rings is 3. The van der Waals surface area contributed by atoms with Gasteiger partial charge in [-0.05, 0) is 48.4 Å². The number of carbonyl (C=O) groups excluding carboxylic acids is 4. The van der Waals surface area contributed by atoms with Crippen LogP contribution in [0.2, 0.25) is 5.02 Å². The zero-order valence-electron chi connectivity index (χ0n) is 18.3. The number of amides is 2. The van der Waals surface area contributed by atoms with Crippen molar-refractivity contribution in [2.24, 2.45) is 11.8 Å². The van der Waals surface area contributed by atoms with Gasteiger partial charge in [-0.15, -0.1) is 0 Å². The fraction of sp³-hybridized carbons (Fsp3) is 0.185. The van der Waals surface area contributed by atoms with Crippen LogP contribution in [0, 0.1) is 18.8 Å². The van der Waals surface area contributed by atoms with Gasteiger partial charge in [0.1, 0.15) is 0 Å². The zero-order chi connectivity index (χ0) is 24.6. The standard InChI is InChI=1S/C27H17BrClNO5/c1-13-16(7-4-8-19(13)29)22-20-21(26(34)30(25(20)33)15-11-9-14(28)10-12-15)27(35-22)23(31)17-5-2-3-6-18(17)24(27)32/h2-12,20-22H,1H3/t20-,21+,22-/m1/s1. The highest BCUT2D eigenvalue weighted by atomic mass is 79.9. The second kappa shape index (κ2) is 7.68. The normalized spacial score (nSPS) is 24.4. The van der Waals surface area contributed by atoms with Crippen LogP contribution in [-0.4, -0.2) is 29.0 Å². The van der Waals surface area contributed by atoms with Gasteiger partial charge < -0.3 is 4.74 Å². The molecule has 2 heterocycles. The molecule has 3 aromatic rings. The number of imide groups is 1. The molecule has 0 aromatic heterocycles. The van der Waals surface area contributed by atoms with Crippen LogP contribution in [0.15, 0.2) is 71.2 Å². The van der Waals surface area contributed by atoms with Gasteiger partial charge in [-0.3, -0.25) is 19.2 Å². The highest BCUT2D eigenvalue weighted by Crippen LogP contribution is 2.58. The van der Waals surface area contributed by atoms with E-state index in [0.29, 0.717) is 21.8 Å². The molecule has 3 atom stereocenters. The molecule has 35 heavy (non-hydrogen) atoms. The third-order valence-corrected chi connectivity index (χ3v) is 8.16. The number of nitrogens with zero attached hydrogens (tertiary/aromatic N) is 1. The molecule has 0 radical (unpaired) electrons. The van der Waals surface area contributed by atoms with E-state index < -0.39 is 46.9 Å². The summed E-state index contributed by atoms with van der Waals surface area (Å²) in [6.07, 6.45) is -1.00. The molecule has 1 spiro atoms. The summed E-state index contributed by atoms with van der Waals surface area (Å²) in [7, 11) is 0. The van der Waals surface area contributed by atoms with Gasteiger partial charge in [-0.25, -0.2) is 4.90 Å². The van der Waals surface area contributed by atoms with Crippen molar-refractivity contribution in [3.8, 4) is 0 Å². The molecular formula is C27H17BrClNO5. The van der Waals surface area contributed by atoms with Gasteiger partial charge >= 0.3 is 0 Å². The van der Waals surface area contributed by atoms with Crippen molar-refractivity contribution in [2.75, 3.05) is 4.90 Å². The fourth-order valence-electron chi connectivity index (χ4n) is 5.58. The van der Waals surface area contributed by atoms with Crippen molar-refractivity contribution < 1.29 is 23.9 Å². The van der Waals surface area contributed by atoms with Crippen molar-refractivity contribution >= 4 is 56.6 Å². The average molecular weight is 551 g/mol. The lowest BCUT2D eigenvalue weighted by molar-refractivity contribution is -0.127. The molecule has 3 aliphatic rings. The Balaban J connectivity index is 1.57. The molecule has 2 aliphatic heterocycles. The van der Waals surface area contributed by atoms with Gasteiger partial charge in [0.25, 0.3) is 0 Å². The first-order valence-corrected chi connectivity index (χ1v) is 12.2. The van der Waals surface area contributed by atoms with Crippen LogP contribution in [0.25, 0.3) is 0 Å². The van der Waals surface area contributed by atoms with E-state index in [1.165, 1.54) is 0 Å². The molecule has 6 nitrogen and oxygen atoms in total. The summed E-state index contributed by atoms with van der Waals surface area (Å²) in [6.45, 7) is 1.78. The highest BCUT2D eigenvalue weighted by molar-refractivity contribution is 9.10. The average Bonchev–Trinajstić information content (AvgIpc) is 3.42. The summed E-state index contributed by atoms with van der Waals surface area (Å²) in [5, 5.41) is 0.456. The van der Waals surface area contributed by atoms with Crippen LogP contribution < -0.4 is 4.90 Å². The van der Waals surface area contributed by atoms with Gasteiger partial charge in [0, 0.05) is 20.6 Å². The van der Waals surface area contributed by atoms with E-state index in [9.17, 15) is 19.2 Å². The maximum Gasteiger partial charge on any atom is 0.241 e. The van der Waals surface area contributed by atoms with Crippen LogP contribution >= 0.6 is 27.5 Å². The molecule has 2 fully saturated rings. The molecule has 0 N–H and O–H groups in total. The number of anilines is 1. The minimum Gasteiger partial charge on any atom is -0.349 e. The Hall–Kier alpha value is -3.13. The molecule has 2 saturated heterocycles. The highest BCUT2D eigenvalue weighted by Gasteiger charge is 2.74. The monoisotopic (exact) mass is 549 g/mol. The molecule has 1 aliphatic carbocycles. The summed E-state index contributed by atoms with van der Waals surface area (Å²) in [6, 6.07) is 18.3. The smallest absolute Gasteiger partial charge is 0.241 e. The third-order valence-electron chi connectivity index (χ3n) is 7.22. The number of ether oxygens (including phenoxy) is 1. The van der Waals surface area contributed by atoms with E-state index in [0.717, 1.165) is 9.37 Å². The Morgan fingerprint density at radius 3 is 2.11 bits per heavy atom. The lowest BCUT2D eigenvalue weighted by atomic mass is 9.77. The number of fused-ring (bicyclic) bond motifs is 3. The third kappa shape index (κ3) is 2.86. The van der Waals surface area contributed by atoms with Gasteiger partial charge in [-0.2, -0.15) is 0 Å². The van der Waals surface area contributed by atoms with Gasteiger partial charge in [0.15, 0.2) is 0 Å². The van der Waals surface area contributed by atoms with Gasteiger partial charge in [0.05, 0.1) is 23.6 Å². The first-order valence-electron chi connectivity index (χ1n) is 11.0. The van der Waals surface area contributed by atoms with E-state index in [-0.39, 0.29) is 11.1 Å². The van der Waals surface area contributed by atoms with Gasteiger partial charge in [0.2, 0.25) is 29.0 Å². The molecule has 3 aromatic carbocycles. The van der Waals surface area contributed by atoms with E-state index in [1.54, 1.807) is 73.7 Å². The molecule has 8 heteroatoms. The minimum atomic E-state index is -2.11. The number of hydrogen-bond donors (Lipinski definition) is 0. The number of rotatable bonds is 2. The first kappa shape index (κ1) is 22.3. The Bertz CT molecular complexity index is 1430. The molecule has 0 unspecified atom stereocenters. The lowest BCUT2D eigenvalue weighted by Gasteiger charge is -2.27. The van der Waals surface area contributed by atoms with Crippen LogP contribution in [0.1, 0.15) is 37.9 Å². The van der Waals surface area contributed by atoms with E-state index in [4.69, 9.17) is 16.3 Å². The Morgan fingerprint density at radius 2 is 1.49 bits per heavy atom. The number of halogens is 2.